The zero-order chi connectivity index (χ0) is 10.6. The fourth-order valence-electron chi connectivity index (χ4n) is 0.879. The highest BCUT2D eigenvalue weighted by atomic mass is 35.5. The number of halogens is 1. The van der Waals surface area contributed by atoms with Gasteiger partial charge in [0.2, 0.25) is 0 Å². The fourth-order valence-corrected chi connectivity index (χ4v) is 2.08. The van der Waals surface area contributed by atoms with E-state index in [4.69, 9.17) is 22.4 Å². The van der Waals surface area contributed by atoms with Gasteiger partial charge in [-0.15, -0.1) is 11.8 Å². The summed E-state index contributed by atoms with van der Waals surface area (Å²) < 4.78 is 0. The second-order valence-corrected chi connectivity index (χ2v) is 4.23. The van der Waals surface area contributed by atoms with Crippen molar-refractivity contribution in [2.45, 2.75) is 11.3 Å². The standard InChI is InChI=1S/C9H10ClNO2S/c10-7-2-1-6(11)5-8(7)14-4-3-9(12)13/h1-2,5H,3-4,11H2,(H,12,13). The second kappa shape index (κ2) is 5.12. The number of nitrogens with two attached hydrogens (primary N) is 1. The van der Waals surface area contributed by atoms with Crippen LogP contribution in [0.4, 0.5) is 5.69 Å². The number of carbonyl (C=O) groups is 1. The number of carboxylic acid groups (broad SMARTS) is 1. The van der Waals surface area contributed by atoms with Crippen LogP contribution in [-0.2, 0) is 4.79 Å². The topological polar surface area (TPSA) is 63.3 Å². The number of hydrogen-bond donors (Lipinski definition) is 2. The molecule has 0 amide bonds. The van der Waals surface area contributed by atoms with Gasteiger partial charge in [0, 0.05) is 16.3 Å². The Morgan fingerprint density at radius 2 is 2.29 bits per heavy atom. The van der Waals surface area contributed by atoms with Gasteiger partial charge in [-0.2, -0.15) is 0 Å². The van der Waals surface area contributed by atoms with Crippen LogP contribution in [-0.4, -0.2) is 16.8 Å². The number of rotatable bonds is 4. The highest BCUT2D eigenvalue weighted by Crippen LogP contribution is 2.29. The summed E-state index contributed by atoms with van der Waals surface area (Å²) in [5.74, 6) is -0.309. The maximum Gasteiger partial charge on any atom is 0.304 e. The molecule has 1 rings (SSSR count). The highest BCUT2D eigenvalue weighted by Gasteiger charge is 2.03. The second-order valence-electron chi connectivity index (χ2n) is 2.68. The van der Waals surface area contributed by atoms with E-state index in [9.17, 15) is 4.79 Å². The van der Waals surface area contributed by atoms with Crippen molar-refractivity contribution in [3.05, 3.63) is 23.2 Å². The van der Waals surface area contributed by atoms with E-state index >= 15 is 0 Å². The first-order chi connectivity index (χ1) is 6.59. The molecule has 0 aliphatic rings. The molecular weight excluding hydrogens is 222 g/mol. The maximum atomic E-state index is 10.3. The summed E-state index contributed by atoms with van der Waals surface area (Å²) in [5, 5.41) is 9.05. The Bertz CT molecular complexity index is 344. The molecule has 0 saturated carbocycles. The Morgan fingerprint density at radius 1 is 1.57 bits per heavy atom. The van der Waals surface area contributed by atoms with Gasteiger partial charge in [-0.25, -0.2) is 0 Å². The lowest BCUT2D eigenvalue weighted by Gasteiger charge is -2.03. The molecule has 0 unspecified atom stereocenters. The minimum atomic E-state index is -0.808. The van der Waals surface area contributed by atoms with Gasteiger partial charge < -0.3 is 10.8 Å². The molecule has 1 aromatic rings. The Labute approximate surface area is 91.2 Å². The summed E-state index contributed by atoms with van der Waals surface area (Å²) in [6, 6.07) is 5.17. The van der Waals surface area contributed by atoms with Gasteiger partial charge in [-0.05, 0) is 18.2 Å². The monoisotopic (exact) mass is 231 g/mol. The molecule has 0 aromatic heterocycles. The van der Waals surface area contributed by atoms with Crippen LogP contribution < -0.4 is 5.73 Å². The van der Waals surface area contributed by atoms with Crippen LogP contribution in [0.5, 0.6) is 0 Å². The summed E-state index contributed by atoms with van der Waals surface area (Å²) in [4.78, 5) is 11.1. The number of hydrogen-bond acceptors (Lipinski definition) is 3. The molecule has 0 heterocycles. The van der Waals surface area contributed by atoms with E-state index in [-0.39, 0.29) is 6.42 Å². The molecule has 0 aliphatic heterocycles. The van der Waals surface area contributed by atoms with Crippen molar-refractivity contribution in [1.82, 2.24) is 0 Å². The molecule has 0 fully saturated rings. The first-order valence-electron chi connectivity index (χ1n) is 3.99. The van der Waals surface area contributed by atoms with E-state index in [1.54, 1.807) is 18.2 Å². The molecule has 0 bridgehead atoms. The molecule has 3 nitrogen and oxygen atoms in total. The molecule has 14 heavy (non-hydrogen) atoms. The molecular formula is C9H10ClNO2S. The SMILES string of the molecule is Nc1ccc(Cl)c(SCCC(=O)O)c1. The average Bonchev–Trinajstić information content (AvgIpc) is 2.10. The van der Waals surface area contributed by atoms with E-state index in [1.165, 1.54) is 11.8 Å². The number of benzene rings is 1. The van der Waals surface area contributed by atoms with Crippen LogP contribution in [0.15, 0.2) is 23.1 Å². The van der Waals surface area contributed by atoms with E-state index in [0.717, 1.165) is 4.90 Å². The van der Waals surface area contributed by atoms with Crippen LogP contribution in [0.25, 0.3) is 0 Å². The fraction of sp³-hybridized carbons (Fsp3) is 0.222. The van der Waals surface area contributed by atoms with Gasteiger partial charge in [-0.3, -0.25) is 4.79 Å². The Balaban J connectivity index is 2.57. The smallest absolute Gasteiger partial charge is 0.304 e. The first-order valence-corrected chi connectivity index (χ1v) is 5.35. The Hall–Kier alpha value is -0.870. The highest BCUT2D eigenvalue weighted by molar-refractivity contribution is 7.99. The zero-order valence-corrected chi connectivity index (χ0v) is 8.94. The number of anilines is 1. The van der Waals surface area contributed by atoms with Gasteiger partial charge in [0.05, 0.1) is 11.4 Å². The van der Waals surface area contributed by atoms with Crippen LogP contribution in [0, 0.1) is 0 Å². The van der Waals surface area contributed by atoms with Crippen molar-refractivity contribution >= 4 is 35.0 Å². The van der Waals surface area contributed by atoms with Crippen molar-refractivity contribution < 1.29 is 9.90 Å². The molecule has 5 heteroatoms. The number of aliphatic carboxylic acids is 1. The van der Waals surface area contributed by atoms with Crippen LogP contribution >= 0.6 is 23.4 Å². The summed E-state index contributed by atoms with van der Waals surface area (Å²) >= 11 is 7.28. The molecule has 0 atom stereocenters. The Morgan fingerprint density at radius 3 is 2.93 bits per heavy atom. The van der Waals surface area contributed by atoms with Crippen LogP contribution in [0.3, 0.4) is 0 Å². The Kier molecular flexibility index (Phi) is 4.10. The van der Waals surface area contributed by atoms with Crippen LogP contribution in [0.1, 0.15) is 6.42 Å². The first kappa shape index (κ1) is 11.2. The van der Waals surface area contributed by atoms with E-state index in [2.05, 4.69) is 0 Å². The van der Waals surface area contributed by atoms with Gasteiger partial charge in [0.1, 0.15) is 0 Å². The van der Waals surface area contributed by atoms with Crippen molar-refractivity contribution in [3.63, 3.8) is 0 Å². The minimum absolute atomic E-state index is 0.121. The van der Waals surface area contributed by atoms with Crippen molar-refractivity contribution in [3.8, 4) is 0 Å². The maximum absolute atomic E-state index is 10.3. The summed E-state index contributed by atoms with van der Waals surface area (Å²) in [5.41, 5.74) is 6.20. The lowest BCUT2D eigenvalue weighted by Crippen LogP contribution is -1.96. The predicted octanol–water partition coefficient (Wildman–Crippen LogP) is 2.49. The van der Waals surface area contributed by atoms with Crippen LogP contribution in [0.2, 0.25) is 5.02 Å². The molecule has 0 radical (unpaired) electrons. The third-order valence-electron chi connectivity index (χ3n) is 1.53. The number of nitrogen functional groups attached to an aromatic ring is 1. The normalized spacial score (nSPS) is 10.1. The largest absolute Gasteiger partial charge is 0.481 e. The summed E-state index contributed by atoms with van der Waals surface area (Å²) in [6.45, 7) is 0. The van der Waals surface area contributed by atoms with Crippen molar-refractivity contribution in [2.75, 3.05) is 11.5 Å². The van der Waals surface area contributed by atoms with E-state index < -0.39 is 5.97 Å². The minimum Gasteiger partial charge on any atom is -0.481 e. The van der Waals surface area contributed by atoms with E-state index in [0.29, 0.717) is 16.5 Å². The molecule has 3 N–H and O–H groups in total. The number of carboxylic acids is 1. The zero-order valence-electron chi connectivity index (χ0n) is 7.37. The molecule has 0 aliphatic carbocycles. The summed E-state index contributed by atoms with van der Waals surface area (Å²) in [7, 11) is 0. The third kappa shape index (κ3) is 3.47. The molecule has 0 saturated heterocycles. The van der Waals surface area contributed by atoms with E-state index in [1.807, 2.05) is 0 Å². The quantitative estimate of drug-likeness (QED) is 0.617. The lowest BCUT2D eigenvalue weighted by atomic mass is 10.3. The van der Waals surface area contributed by atoms with Gasteiger partial charge in [0.15, 0.2) is 0 Å². The van der Waals surface area contributed by atoms with Gasteiger partial charge in [0.25, 0.3) is 0 Å². The van der Waals surface area contributed by atoms with Gasteiger partial charge in [-0.1, -0.05) is 11.6 Å². The van der Waals surface area contributed by atoms with Crippen molar-refractivity contribution in [2.24, 2.45) is 0 Å². The third-order valence-corrected chi connectivity index (χ3v) is 3.03. The molecule has 1 aromatic carbocycles. The van der Waals surface area contributed by atoms with Crippen molar-refractivity contribution in [1.29, 1.82) is 0 Å². The average molecular weight is 232 g/mol. The lowest BCUT2D eigenvalue weighted by molar-refractivity contribution is -0.136. The van der Waals surface area contributed by atoms with Gasteiger partial charge >= 0.3 is 5.97 Å². The number of thioether (sulfide) groups is 1. The summed E-state index contributed by atoms with van der Waals surface area (Å²) in [6.07, 6.45) is 0.121. The molecule has 0 spiro atoms. The molecule has 76 valence electrons. The predicted molar refractivity (Wildman–Crippen MR) is 58.8 cm³/mol.